The van der Waals surface area contributed by atoms with E-state index in [1.165, 1.54) is 0 Å². The highest BCUT2D eigenvalue weighted by atomic mass is 16.2. The molecule has 2 aliphatic rings. The number of pyridine rings is 1. The molecule has 4 heterocycles. The molecule has 0 saturated carbocycles. The first kappa shape index (κ1) is 15.3. The number of carbonyl (C=O) groups excluding carboxylic acids is 1. The van der Waals surface area contributed by atoms with E-state index in [1.807, 2.05) is 38.4 Å². The number of nitrogens with zero attached hydrogens (tertiary/aromatic N) is 5. The average molecular weight is 325 g/mol. The zero-order valence-corrected chi connectivity index (χ0v) is 14.3. The van der Waals surface area contributed by atoms with Gasteiger partial charge in [0.1, 0.15) is 5.82 Å². The number of anilines is 1. The molecule has 1 saturated heterocycles. The number of aromatic nitrogens is 3. The molecule has 0 aliphatic carbocycles. The van der Waals surface area contributed by atoms with Crippen molar-refractivity contribution < 1.29 is 4.79 Å². The summed E-state index contributed by atoms with van der Waals surface area (Å²) in [6.45, 7) is 4.79. The summed E-state index contributed by atoms with van der Waals surface area (Å²) in [7, 11) is 1.85. The van der Waals surface area contributed by atoms with Crippen LogP contribution in [0.25, 0.3) is 0 Å². The van der Waals surface area contributed by atoms with Gasteiger partial charge in [-0.1, -0.05) is 6.07 Å². The average Bonchev–Trinajstić information content (AvgIpc) is 2.99. The molecule has 2 aromatic heterocycles. The summed E-state index contributed by atoms with van der Waals surface area (Å²) in [5, 5.41) is 4.71. The van der Waals surface area contributed by atoms with E-state index >= 15 is 0 Å². The Morgan fingerprint density at radius 3 is 2.75 bits per heavy atom. The first-order valence-electron chi connectivity index (χ1n) is 8.53. The van der Waals surface area contributed by atoms with Crippen LogP contribution in [0.3, 0.4) is 0 Å². The van der Waals surface area contributed by atoms with Crippen LogP contribution < -0.4 is 4.90 Å². The molecular weight excluding hydrogens is 302 g/mol. The minimum atomic E-state index is -0.159. The molecule has 0 unspecified atom stereocenters. The van der Waals surface area contributed by atoms with Crippen LogP contribution in [-0.4, -0.2) is 45.7 Å². The number of aryl methyl sites for hydroxylation is 1. The topological polar surface area (TPSA) is 54.3 Å². The summed E-state index contributed by atoms with van der Waals surface area (Å²) >= 11 is 0. The molecule has 1 fully saturated rings. The van der Waals surface area contributed by atoms with Crippen molar-refractivity contribution in [2.24, 2.45) is 0 Å². The largest absolute Gasteiger partial charge is 0.300 e. The minimum Gasteiger partial charge on any atom is -0.300 e. The fourth-order valence-corrected chi connectivity index (χ4v) is 3.91. The lowest BCUT2D eigenvalue weighted by atomic mass is 9.82. The van der Waals surface area contributed by atoms with Crippen molar-refractivity contribution in [3.63, 3.8) is 0 Å². The second kappa shape index (κ2) is 5.70. The van der Waals surface area contributed by atoms with E-state index in [2.05, 4.69) is 20.6 Å². The van der Waals surface area contributed by atoms with Crippen molar-refractivity contribution in [2.75, 3.05) is 25.0 Å². The van der Waals surface area contributed by atoms with Gasteiger partial charge in [-0.05, 0) is 31.9 Å². The monoisotopic (exact) mass is 325 g/mol. The lowest BCUT2D eigenvalue weighted by molar-refractivity contribution is -0.122. The lowest BCUT2D eigenvalue weighted by Gasteiger charge is -2.46. The van der Waals surface area contributed by atoms with Gasteiger partial charge < -0.3 is 4.90 Å². The van der Waals surface area contributed by atoms with Gasteiger partial charge in [-0.25, -0.2) is 4.68 Å². The molecule has 6 heteroatoms. The molecule has 2 aromatic rings. The fourth-order valence-electron chi connectivity index (χ4n) is 3.91. The Kier molecular flexibility index (Phi) is 3.64. The molecule has 1 amide bonds. The third kappa shape index (κ3) is 2.51. The summed E-state index contributed by atoms with van der Waals surface area (Å²) in [6.07, 6.45) is 4.30. The van der Waals surface area contributed by atoms with Crippen LogP contribution in [0.5, 0.6) is 0 Å². The van der Waals surface area contributed by atoms with Crippen LogP contribution in [0.15, 0.2) is 30.5 Å². The lowest BCUT2D eigenvalue weighted by Crippen LogP contribution is -2.53. The second-order valence-corrected chi connectivity index (χ2v) is 7.01. The fraction of sp³-hybridized carbons (Fsp3) is 0.500. The Morgan fingerprint density at radius 1 is 1.25 bits per heavy atom. The van der Waals surface area contributed by atoms with Crippen LogP contribution in [0.1, 0.15) is 30.7 Å². The van der Waals surface area contributed by atoms with E-state index in [-0.39, 0.29) is 11.4 Å². The van der Waals surface area contributed by atoms with Crippen molar-refractivity contribution in [3.05, 3.63) is 41.9 Å². The van der Waals surface area contributed by atoms with E-state index in [1.54, 1.807) is 4.90 Å². The number of hydrogen-bond donors (Lipinski definition) is 0. The Morgan fingerprint density at radius 2 is 2.04 bits per heavy atom. The van der Waals surface area contributed by atoms with Gasteiger partial charge in [-0.15, -0.1) is 0 Å². The molecule has 4 rings (SSSR count). The molecular formula is C18H23N5O. The van der Waals surface area contributed by atoms with Crippen LogP contribution >= 0.6 is 0 Å². The van der Waals surface area contributed by atoms with Crippen LogP contribution in [0, 0.1) is 6.92 Å². The Labute approximate surface area is 142 Å². The Bertz CT molecular complexity index is 746. The van der Waals surface area contributed by atoms with Crippen LogP contribution in [0.2, 0.25) is 0 Å². The highest BCUT2D eigenvalue weighted by molar-refractivity contribution is 5.94. The zero-order valence-electron chi connectivity index (χ0n) is 14.3. The molecule has 1 spiro atoms. The summed E-state index contributed by atoms with van der Waals surface area (Å²) in [4.78, 5) is 21.1. The molecule has 0 radical (unpaired) electrons. The van der Waals surface area contributed by atoms with Crippen molar-refractivity contribution in [1.82, 2.24) is 19.7 Å². The van der Waals surface area contributed by atoms with Gasteiger partial charge in [-0.3, -0.25) is 14.7 Å². The number of hydrogen-bond acceptors (Lipinski definition) is 4. The number of fused-ring (bicyclic) bond motifs is 2. The number of rotatable bonds is 2. The zero-order chi connectivity index (χ0) is 16.7. The van der Waals surface area contributed by atoms with Gasteiger partial charge in [0, 0.05) is 38.9 Å². The summed E-state index contributed by atoms with van der Waals surface area (Å²) in [5.74, 6) is 1.13. The molecule has 0 N–H and O–H groups in total. The normalized spacial score (nSPS) is 20.4. The standard InChI is InChI=1S/C18H23N5O/c1-14-11-16-21(2)17(24)12-18(23(16)20-14)6-9-22(10-7-18)13-15-5-3-4-8-19-15/h3-5,8,11H,6-7,9-10,12-13H2,1-2H3. The molecule has 0 bridgehead atoms. The van der Waals surface area contributed by atoms with E-state index in [4.69, 9.17) is 5.10 Å². The van der Waals surface area contributed by atoms with E-state index < -0.39 is 0 Å². The van der Waals surface area contributed by atoms with E-state index in [0.29, 0.717) is 6.42 Å². The van der Waals surface area contributed by atoms with E-state index in [9.17, 15) is 4.79 Å². The summed E-state index contributed by atoms with van der Waals surface area (Å²) in [6, 6.07) is 8.06. The highest BCUT2D eigenvalue weighted by Gasteiger charge is 2.45. The van der Waals surface area contributed by atoms with Crippen molar-refractivity contribution >= 4 is 11.7 Å². The Hall–Kier alpha value is -2.21. The predicted octanol–water partition coefficient (Wildman–Crippen LogP) is 1.94. The van der Waals surface area contributed by atoms with Gasteiger partial charge in [0.15, 0.2) is 0 Å². The number of piperidine rings is 1. The molecule has 24 heavy (non-hydrogen) atoms. The van der Waals surface area contributed by atoms with Crippen LogP contribution in [-0.2, 0) is 16.9 Å². The number of amides is 1. The van der Waals surface area contributed by atoms with Gasteiger partial charge in [0.2, 0.25) is 5.91 Å². The first-order chi connectivity index (χ1) is 11.6. The number of likely N-dealkylation sites (tertiary alicyclic amines) is 1. The quantitative estimate of drug-likeness (QED) is 0.847. The van der Waals surface area contributed by atoms with Gasteiger partial charge in [0.05, 0.1) is 23.3 Å². The van der Waals surface area contributed by atoms with Gasteiger partial charge >= 0.3 is 0 Å². The third-order valence-electron chi connectivity index (χ3n) is 5.36. The minimum absolute atomic E-state index is 0.159. The molecule has 6 nitrogen and oxygen atoms in total. The maximum absolute atomic E-state index is 12.5. The van der Waals surface area contributed by atoms with E-state index in [0.717, 1.165) is 49.7 Å². The van der Waals surface area contributed by atoms with Gasteiger partial charge in [-0.2, -0.15) is 5.10 Å². The molecule has 0 aromatic carbocycles. The number of carbonyl (C=O) groups is 1. The SMILES string of the molecule is Cc1cc2n(n1)C1(CCN(Cc3ccccn3)CC1)CC(=O)N2C. The van der Waals surface area contributed by atoms with Crippen molar-refractivity contribution in [2.45, 2.75) is 38.3 Å². The summed E-state index contributed by atoms with van der Waals surface area (Å²) in [5.41, 5.74) is 1.92. The third-order valence-corrected chi connectivity index (χ3v) is 5.36. The maximum Gasteiger partial charge on any atom is 0.230 e. The highest BCUT2D eigenvalue weighted by Crippen LogP contribution is 2.41. The first-order valence-corrected chi connectivity index (χ1v) is 8.53. The van der Waals surface area contributed by atoms with Crippen molar-refractivity contribution in [3.8, 4) is 0 Å². The molecule has 0 atom stereocenters. The smallest absolute Gasteiger partial charge is 0.230 e. The summed E-state index contributed by atoms with van der Waals surface area (Å²) < 4.78 is 2.11. The molecule has 126 valence electrons. The van der Waals surface area contributed by atoms with Crippen LogP contribution in [0.4, 0.5) is 5.82 Å². The molecule has 2 aliphatic heterocycles. The maximum atomic E-state index is 12.5. The predicted molar refractivity (Wildman–Crippen MR) is 91.7 cm³/mol. The second-order valence-electron chi connectivity index (χ2n) is 7.01. The van der Waals surface area contributed by atoms with Gasteiger partial charge in [0.25, 0.3) is 0 Å². The Balaban J connectivity index is 1.54. The van der Waals surface area contributed by atoms with Crippen molar-refractivity contribution in [1.29, 1.82) is 0 Å².